The molecule has 28 heavy (non-hydrogen) atoms. The normalized spacial score (nSPS) is 31.1. The Morgan fingerprint density at radius 1 is 1.00 bits per heavy atom. The predicted octanol–water partition coefficient (Wildman–Crippen LogP) is 3.36. The number of piperidine rings is 1. The number of anilines is 1. The van der Waals surface area contributed by atoms with Crippen LogP contribution in [-0.4, -0.2) is 52.7 Å². The molecule has 2 saturated heterocycles. The number of nitrogens with zero attached hydrogens (tertiary/aromatic N) is 3. The molecule has 1 unspecified atom stereocenters. The van der Waals surface area contributed by atoms with Gasteiger partial charge in [0.15, 0.2) is 0 Å². The van der Waals surface area contributed by atoms with Crippen LogP contribution in [0.4, 0.5) is 5.82 Å². The van der Waals surface area contributed by atoms with Gasteiger partial charge in [-0.05, 0) is 63.1 Å². The summed E-state index contributed by atoms with van der Waals surface area (Å²) in [4.78, 5) is 22.8. The zero-order valence-corrected chi connectivity index (χ0v) is 16.4. The standard InChI is InChI=1S/C23H29N3O2/c27-19-9-7-18(8-10-19)26-15-13-23(22(26)28)12-3-14-25(16-23)21-11-6-17-4-1-2-5-20(17)24-21/h1-2,4-6,11,18-19,27H,3,7-10,12-16H2. The van der Waals surface area contributed by atoms with E-state index in [1.807, 2.05) is 12.1 Å². The van der Waals surface area contributed by atoms with E-state index in [0.717, 1.165) is 81.3 Å². The van der Waals surface area contributed by atoms with E-state index in [2.05, 4.69) is 34.1 Å². The second-order valence-electron chi connectivity index (χ2n) is 8.88. The van der Waals surface area contributed by atoms with Crippen molar-refractivity contribution in [2.45, 2.75) is 57.1 Å². The summed E-state index contributed by atoms with van der Waals surface area (Å²) in [6.45, 7) is 2.62. The van der Waals surface area contributed by atoms with Crippen LogP contribution in [0.3, 0.4) is 0 Å². The Morgan fingerprint density at radius 2 is 1.82 bits per heavy atom. The highest BCUT2D eigenvalue weighted by Crippen LogP contribution is 2.43. The molecule has 3 fully saturated rings. The Labute approximate surface area is 166 Å². The molecule has 5 rings (SSSR count). The van der Waals surface area contributed by atoms with E-state index in [-0.39, 0.29) is 11.5 Å². The molecule has 0 radical (unpaired) electrons. The van der Waals surface area contributed by atoms with Crippen molar-refractivity contribution in [1.82, 2.24) is 9.88 Å². The highest BCUT2D eigenvalue weighted by molar-refractivity contribution is 5.86. The number of aliphatic hydroxyl groups excluding tert-OH is 1. The second-order valence-corrected chi connectivity index (χ2v) is 8.88. The van der Waals surface area contributed by atoms with E-state index in [1.54, 1.807) is 0 Å². The van der Waals surface area contributed by atoms with E-state index >= 15 is 0 Å². The number of amides is 1. The van der Waals surface area contributed by atoms with Crippen molar-refractivity contribution >= 4 is 22.6 Å². The first kappa shape index (κ1) is 17.9. The average Bonchev–Trinajstić information content (AvgIpc) is 3.04. The molecule has 0 bridgehead atoms. The molecule has 1 aromatic heterocycles. The Hall–Kier alpha value is -2.14. The van der Waals surface area contributed by atoms with Gasteiger partial charge in [-0.1, -0.05) is 18.2 Å². The van der Waals surface area contributed by atoms with Gasteiger partial charge in [-0.25, -0.2) is 4.98 Å². The number of fused-ring (bicyclic) bond motifs is 1. The number of likely N-dealkylation sites (tertiary alicyclic amines) is 1. The number of pyridine rings is 1. The highest BCUT2D eigenvalue weighted by atomic mass is 16.3. The van der Waals surface area contributed by atoms with Gasteiger partial charge in [-0.3, -0.25) is 4.79 Å². The van der Waals surface area contributed by atoms with Crippen molar-refractivity contribution < 1.29 is 9.90 Å². The summed E-state index contributed by atoms with van der Waals surface area (Å²) in [7, 11) is 0. The molecule has 2 aliphatic heterocycles. The molecule has 5 heteroatoms. The third-order valence-corrected chi connectivity index (χ3v) is 7.14. The maximum atomic E-state index is 13.5. The molecule has 1 saturated carbocycles. The summed E-state index contributed by atoms with van der Waals surface area (Å²) in [5, 5.41) is 11.0. The van der Waals surface area contributed by atoms with Gasteiger partial charge < -0.3 is 14.9 Å². The molecule has 148 valence electrons. The van der Waals surface area contributed by atoms with Crippen LogP contribution in [0.25, 0.3) is 10.9 Å². The Balaban J connectivity index is 1.35. The summed E-state index contributed by atoms with van der Waals surface area (Å²) >= 11 is 0. The topological polar surface area (TPSA) is 56.7 Å². The minimum atomic E-state index is -0.248. The number of hydrogen-bond acceptors (Lipinski definition) is 4. The molecule has 1 spiro atoms. The lowest BCUT2D eigenvalue weighted by Crippen LogP contribution is -2.50. The summed E-state index contributed by atoms with van der Waals surface area (Å²) in [6.07, 6.45) is 6.35. The SMILES string of the molecule is O=C1N(C2CCC(O)CC2)CCC12CCCN(c1ccc3ccccc3n1)C2. The summed E-state index contributed by atoms with van der Waals surface area (Å²) in [5.74, 6) is 1.34. The fourth-order valence-electron chi connectivity index (χ4n) is 5.50. The fourth-order valence-corrected chi connectivity index (χ4v) is 5.50. The monoisotopic (exact) mass is 379 g/mol. The van der Waals surface area contributed by atoms with Gasteiger partial charge in [0.05, 0.1) is 17.0 Å². The van der Waals surface area contributed by atoms with Crippen LogP contribution < -0.4 is 4.90 Å². The molecule has 1 aromatic carbocycles. The molecular formula is C23H29N3O2. The number of aromatic nitrogens is 1. The fraction of sp³-hybridized carbons (Fsp3) is 0.565. The van der Waals surface area contributed by atoms with Crippen molar-refractivity contribution in [3.63, 3.8) is 0 Å². The van der Waals surface area contributed by atoms with Crippen molar-refractivity contribution in [3.8, 4) is 0 Å². The van der Waals surface area contributed by atoms with Crippen LogP contribution in [-0.2, 0) is 4.79 Å². The maximum Gasteiger partial charge on any atom is 0.230 e. The van der Waals surface area contributed by atoms with E-state index in [4.69, 9.17) is 4.98 Å². The number of carbonyl (C=O) groups excluding carboxylic acids is 1. The Bertz CT molecular complexity index is 877. The molecule has 5 nitrogen and oxygen atoms in total. The molecule has 1 atom stereocenters. The summed E-state index contributed by atoms with van der Waals surface area (Å²) < 4.78 is 0. The number of rotatable bonds is 2. The van der Waals surface area contributed by atoms with Gasteiger partial charge in [0.25, 0.3) is 0 Å². The van der Waals surface area contributed by atoms with Gasteiger partial charge in [0.1, 0.15) is 5.82 Å². The van der Waals surface area contributed by atoms with Crippen molar-refractivity contribution in [2.24, 2.45) is 5.41 Å². The van der Waals surface area contributed by atoms with Crippen LogP contribution >= 0.6 is 0 Å². The van der Waals surface area contributed by atoms with Crippen molar-refractivity contribution in [2.75, 3.05) is 24.5 Å². The van der Waals surface area contributed by atoms with Gasteiger partial charge >= 0.3 is 0 Å². The van der Waals surface area contributed by atoms with Crippen LogP contribution in [0.5, 0.6) is 0 Å². The number of benzene rings is 1. The summed E-state index contributed by atoms with van der Waals surface area (Å²) in [5.41, 5.74) is 0.765. The molecular weight excluding hydrogens is 350 g/mol. The molecule has 3 heterocycles. The molecule has 1 aliphatic carbocycles. The van der Waals surface area contributed by atoms with Gasteiger partial charge in [0.2, 0.25) is 5.91 Å². The molecule has 2 aromatic rings. The molecule has 1 amide bonds. The quantitative estimate of drug-likeness (QED) is 0.869. The summed E-state index contributed by atoms with van der Waals surface area (Å²) in [6, 6.07) is 12.8. The number of carbonyl (C=O) groups is 1. The zero-order valence-electron chi connectivity index (χ0n) is 16.4. The Morgan fingerprint density at radius 3 is 2.68 bits per heavy atom. The van der Waals surface area contributed by atoms with Gasteiger partial charge in [-0.2, -0.15) is 0 Å². The Kier molecular flexibility index (Phi) is 4.50. The highest BCUT2D eigenvalue weighted by Gasteiger charge is 2.50. The van der Waals surface area contributed by atoms with Crippen LogP contribution in [0.2, 0.25) is 0 Å². The first-order chi connectivity index (χ1) is 13.6. The van der Waals surface area contributed by atoms with Gasteiger partial charge in [-0.15, -0.1) is 0 Å². The number of para-hydroxylation sites is 1. The smallest absolute Gasteiger partial charge is 0.230 e. The molecule has 1 N–H and O–H groups in total. The van der Waals surface area contributed by atoms with E-state index < -0.39 is 0 Å². The first-order valence-electron chi connectivity index (χ1n) is 10.7. The number of aliphatic hydroxyl groups is 1. The zero-order chi connectivity index (χ0) is 19.1. The third kappa shape index (κ3) is 3.06. The number of hydrogen-bond donors (Lipinski definition) is 1. The first-order valence-corrected chi connectivity index (χ1v) is 10.7. The van der Waals surface area contributed by atoms with Gasteiger partial charge in [0, 0.05) is 31.1 Å². The second kappa shape index (κ2) is 7.03. The minimum Gasteiger partial charge on any atom is -0.393 e. The largest absolute Gasteiger partial charge is 0.393 e. The molecule has 3 aliphatic rings. The lowest BCUT2D eigenvalue weighted by Gasteiger charge is -2.41. The van der Waals surface area contributed by atoms with E-state index in [1.165, 1.54) is 0 Å². The van der Waals surface area contributed by atoms with Crippen molar-refractivity contribution in [3.05, 3.63) is 36.4 Å². The maximum absolute atomic E-state index is 13.5. The third-order valence-electron chi connectivity index (χ3n) is 7.14. The minimum absolute atomic E-state index is 0.174. The van der Waals surface area contributed by atoms with Crippen LogP contribution in [0.15, 0.2) is 36.4 Å². The average molecular weight is 380 g/mol. The lowest BCUT2D eigenvalue weighted by atomic mass is 9.78. The predicted molar refractivity (Wildman–Crippen MR) is 110 cm³/mol. The van der Waals surface area contributed by atoms with E-state index in [9.17, 15) is 9.90 Å². The van der Waals surface area contributed by atoms with E-state index in [0.29, 0.717) is 11.9 Å². The van der Waals surface area contributed by atoms with Crippen LogP contribution in [0.1, 0.15) is 44.9 Å². The van der Waals surface area contributed by atoms with Crippen molar-refractivity contribution in [1.29, 1.82) is 0 Å². The lowest BCUT2D eigenvalue weighted by molar-refractivity contribution is -0.139. The van der Waals surface area contributed by atoms with Crippen LogP contribution in [0, 0.1) is 5.41 Å².